The van der Waals surface area contributed by atoms with Crippen LogP contribution in [0.15, 0.2) is 41.4 Å². The van der Waals surface area contributed by atoms with E-state index >= 15 is 0 Å². The molecular weight excluding hydrogens is 248 g/mol. The smallest absolute Gasteiger partial charge is 0.339 e. The Balaban J connectivity index is 1.93. The molecule has 0 saturated heterocycles. The highest BCUT2D eigenvalue weighted by molar-refractivity contribution is 7.99. The normalized spacial score (nSPS) is 10.5. The molecule has 0 amide bonds. The molecule has 4 nitrogen and oxygen atoms in total. The van der Waals surface area contributed by atoms with Crippen molar-refractivity contribution in [3.05, 3.63) is 47.8 Å². The van der Waals surface area contributed by atoms with Gasteiger partial charge in [0, 0.05) is 16.3 Å². The number of hydrogen-bond donors (Lipinski definition) is 1. The van der Waals surface area contributed by atoms with E-state index in [2.05, 4.69) is 17.2 Å². The second-order valence-electron chi connectivity index (χ2n) is 3.83. The Kier molecular flexibility index (Phi) is 4.04. The maximum atomic E-state index is 10.9. The number of carbonyl (C=O) groups is 1. The van der Waals surface area contributed by atoms with E-state index < -0.39 is 5.97 Å². The Hall–Kier alpha value is -1.75. The van der Waals surface area contributed by atoms with Crippen molar-refractivity contribution in [1.29, 1.82) is 0 Å². The van der Waals surface area contributed by atoms with Crippen molar-refractivity contribution in [2.75, 3.05) is 5.75 Å². The topological polar surface area (TPSA) is 55.1 Å². The molecule has 5 heteroatoms. The summed E-state index contributed by atoms with van der Waals surface area (Å²) in [7, 11) is 0. The average molecular weight is 262 g/mol. The third-order valence-electron chi connectivity index (χ3n) is 2.65. The lowest BCUT2D eigenvalue weighted by Gasteiger charge is -2.04. The summed E-state index contributed by atoms with van der Waals surface area (Å²) in [6.07, 6.45) is 1.41. The molecule has 0 unspecified atom stereocenters. The first-order chi connectivity index (χ1) is 8.68. The van der Waals surface area contributed by atoms with Crippen LogP contribution in [-0.4, -0.2) is 26.6 Å². The Bertz CT molecular complexity index is 537. The van der Waals surface area contributed by atoms with Crippen LogP contribution < -0.4 is 0 Å². The second-order valence-corrected chi connectivity index (χ2v) is 5.00. The quantitative estimate of drug-likeness (QED) is 0.842. The minimum absolute atomic E-state index is 0.278. The van der Waals surface area contributed by atoms with Gasteiger partial charge in [0.15, 0.2) is 0 Å². The largest absolute Gasteiger partial charge is 0.478 e. The number of aryl methyl sites for hydroxylation is 1. The lowest BCUT2D eigenvalue weighted by molar-refractivity contribution is 0.0696. The maximum absolute atomic E-state index is 10.9. The van der Waals surface area contributed by atoms with E-state index in [9.17, 15) is 4.79 Å². The molecule has 0 aliphatic heterocycles. The first-order valence-corrected chi connectivity index (χ1v) is 6.60. The highest BCUT2D eigenvalue weighted by Crippen LogP contribution is 2.17. The fourth-order valence-electron chi connectivity index (χ4n) is 1.65. The predicted molar refractivity (Wildman–Crippen MR) is 71.1 cm³/mol. The molecule has 0 radical (unpaired) electrons. The lowest BCUT2D eigenvalue weighted by Crippen LogP contribution is -2.06. The van der Waals surface area contributed by atoms with Gasteiger partial charge in [-0.25, -0.2) is 4.79 Å². The number of aromatic carboxylic acids is 1. The van der Waals surface area contributed by atoms with Crippen LogP contribution in [0.2, 0.25) is 0 Å². The third-order valence-corrected chi connectivity index (χ3v) is 3.64. The molecule has 0 spiro atoms. The van der Waals surface area contributed by atoms with Crippen molar-refractivity contribution in [2.45, 2.75) is 18.4 Å². The van der Waals surface area contributed by atoms with Gasteiger partial charge in [0.25, 0.3) is 0 Å². The van der Waals surface area contributed by atoms with Crippen LogP contribution in [0.5, 0.6) is 0 Å². The summed E-state index contributed by atoms with van der Waals surface area (Å²) >= 11 is 1.73. The molecule has 0 aliphatic carbocycles. The molecule has 0 fully saturated rings. The second kappa shape index (κ2) is 5.73. The lowest BCUT2D eigenvalue weighted by atomic mass is 10.3. The zero-order valence-electron chi connectivity index (χ0n) is 10.0. The SMILES string of the molecule is Cc1c(C(=O)O)cnn1CCSc1ccccc1. The summed E-state index contributed by atoms with van der Waals surface area (Å²) in [6.45, 7) is 2.49. The molecule has 94 valence electrons. The molecule has 1 N–H and O–H groups in total. The molecule has 1 heterocycles. The van der Waals surface area contributed by atoms with Crippen molar-refractivity contribution in [1.82, 2.24) is 9.78 Å². The van der Waals surface area contributed by atoms with Gasteiger partial charge in [-0.05, 0) is 19.1 Å². The minimum atomic E-state index is -0.922. The van der Waals surface area contributed by atoms with Gasteiger partial charge in [0.2, 0.25) is 0 Å². The van der Waals surface area contributed by atoms with Gasteiger partial charge in [-0.1, -0.05) is 18.2 Å². The Morgan fingerprint density at radius 3 is 2.72 bits per heavy atom. The Labute approximate surface area is 110 Å². The van der Waals surface area contributed by atoms with Gasteiger partial charge < -0.3 is 5.11 Å². The Morgan fingerprint density at radius 2 is 2.11 bits per heavy atom. The maximum Gasteiger partial charge on any atom is 0.339 e. The zero-order valence-corrected chi connectivity index (χ0v) is 10.9. The van der Waals surface area contributed by atoms with Crippen molar-refractivity contribution >= 4 is 17.7 Å². The van der Waals surface area contributed by atoms with Crippen molar-refractivity contribution in [3.63, 3.8) is 0 Å². The van der Waals surface area contributed by atoms with Crippen LogP contribution in [0, 0.1) is 6.92 Å². The summed E-state index contributed by atoms with van der Waals surface area (Å²) in [4.78, 5) is 12.1. The van der Waals surface area contributed by atoms with Gasteiger partial charge in [-0.2, -0.15) is 5.10 Å². The number of carboxylic acids is 1. The van der Waals surface area contributed by atoms with Crippen molar-refractivity contribution < 1.29 is 9.90 Å². The minimum Gasteiger partial charge on any atom is -0.478 e. The van der Waals surface area contributed by atoms with Crippen molar-refractivity contribution in [3.8, 4) is 0 Å². The monoisotopic (exact) mass is 262 g/mol. The molecule has 2 aromatic rings. The molecule has 18 heavy (non-hydrogen) atoms. The summed E-state index contributed by atoms with van der Waals surface area (Å²) in [5, 5.41) is 13.0. The van der Waals surface area contributed by atoms with Gasteiger partial charge in [0.1, 0.15) is 5.56 Å². The number of rotatable bonds is 5. The molecule has 0 aliphatic rings. The van der Waals surface area contributed by atoms with E-state index in [1.165, 1.54) is 11.1 Å². The summed E-state index contributed by atoms with van der Waals surface area (Å²) in [6, 6.07) is 10.1. The number of aromatic nitrogens is 2. The fraction of sp³-hybridized carbons (Fsp3) is 0.231. The molecule has 0 saturated carbocycles. The molecule has 1 aromatic carbocycles. The van der Waals surface area contributed by atoms with E-state index in [1.807, 2.05) is 18.2 Å². The van der Waals surface area contributed by atoms with Crippen LogP contribution in [0.25, 0.3) is 0 Å². The van der Waals surface area contributed by atoms with Gasteiger partial charge in [0.05, 0.1) is 12.7 Å². The number of benzene rings is 1. The van der Waals surface area contributed by atoms with Crippen LogP contribution in [0.4, 0.5) is 0 Å². The summed E-state index contributed by atoms with van der Waals surface area (Å²) in [5.74, 6) is -0.0551. The van der Waals surface area contributed by atoms with E-state index in [0.717, 1.165) is 5.75 Å². The van der Waals surface area contributed by atoms with Crippen LogP contribution >= 0.6 is 11.8 Å². The third kappa shape index (κ3) is 2.92. The molecule has 1 aromatic heterocycles. The first-order valence-electron chi connectivity index (χ1n) is 5.62. The van der Waals surface area contributed by atoms with E-state index in [0.29, 0.717) is 12.2 Å². The summed E-state index contributed by atoms with van der Waals surface area (Å²) < 4.78 is 1.74. The average Bonchev–Trinajstić information content (AvgIpc) is 2.73. The van der Waals surface area contributed by atoms with Gasteiger partial charge in [-0.15, -0.1) is 11.8 Å². The van der Waals surface area contributed by atoms with Gasteiger partial charge >= 0.3 is 5.97 Å². The van der Waals surface area contributed by atoms with Crippen LogP contribution in [0.1, 0.15) is 16.1 Å². The van der Waals surface area contributed by atoms with Crippen molar-refractivity contribution in [2.24, 2.45) is 0 Å². The van der Waals surface area contributed by atoms with E-state index in [4.69, 9.17) is 5.11 Å². The predicted octanol–water partition coefficient (Wildman–Crippen LogP) is 2.68. The molecule has 2 rings (SSSR count). The molecule has 0 bridgehead atoms. The highest BCUT2D eigenvalue weighted by atomic mass is 32.2. The number of thioether (sulfide) groups is 1. The van der Waals surface area contributed by atoms with E-state index in [-0.39, 0.29) is 5.56 Å². The molecule has 0 atom stereocenters. The standard InChI is InChI=1S/C13H14N2O2S/c1-10-12(13(16)17)9-14-15(10)7-8-18-11-5-3-2-4-6-11/h2-6,9H,7-8H2,1H3,(H,16,17). The zero-order chi connectivity index (χ0) is 13.0. The Morgan fingerprint density at radius 1 is 1.39 bits per heavy atom. The molecular formula is C13H14N2O2S. The number of carboxylic acid groups (broad SMARTS) is 1. The van der Waals surface area contributed by atoms with Crippen LogP contribution in [0.3, 0.4) is 0 Å². The first kappa shape index (κ1) is 12.7. The fourth-order valence-corrected chi connectivity index (χ4v) is 2.50. The van der Waals surface area contributed by atoms with Gasteiger partial charge in [-0.3, -0.25) is 4.68 Å². The van der Waals surface area contributed by atoms with E-state index in [1.54, 1.807) is 23.4 Å². The highest BCUT2D eigenvalue weighted by Gasteiger charge is 2.12. The van der Waals surface area contributed by atoms with Crippen LogP contribution in [-0.2, 0) is 6.54 Å². The summed E-state index contributed by atoms with van der Waals surface area (Å²) in [5.41, 5.74) is 0.982. The number of hydrogen-bond acceptors (Lipinski definition) is 3. The number of nitrogens with zero attached hydrogens (tertiary/aromatic N) is 2.